The summed E-state index contributed by atoms with van der Waals surface area (Å²) in [5.74, 6) is 8.39. The van der Waals surface area contributed by atoms with Crippen LogP contribution in [0.5, 0.6) is 0 Å². The van der Waals surface area contributed by atoms with Gasteiger partial charge in [-0.05, 0) is 294 Å². The van der Waals surface area contributed by atoms with Gasteiger partial charge in [-0.3, -0.25) is 0 Å². The first-order chi connectivity index (χ1) is 41.4. The van der Waals surface area contributed by atoms with Gasteiger partial charge in [0.05, 0.1) is 47.8 Å². The molecule has 0 radical (unpaired) electrons. The maximum Gasteiger partial charge on any atom is 0.0690 e. The molecule has 12 aliphatic rings. The summed E-state index contributed by atoms with van der Waals surface area (Å²) in [7, 11) is 3.41. The maximum absolute atomic E-state index is 6.04. The van der Waals surface area contributed by atoms with Crippen molar-refractivity contribution in [3.05, 3.63) is 0 Å². The van der Waals surface area contributed by atoms with Crippen molar-refractivity contribution >= 4 is 0 Å². The zero-order valence-electron chi connectivity index (χ0n) is 66.0. The average molecular weight is 1260 g/mol. The second kappa shape index (κ2) is 46.8. The van der Waals surface area contributed by atoms with E-state index in [0.29, 0.717) is 58.5 Å². The molecule has 0 N–H and O–H groups in total. The SMILES string of the molecule is CC(C)(C)C.CC(C)OC1CCCCC1.CC1(C)C2CC3CC(C2)CC1C3.CC1CCCCO1.CCC(C)(C)C.CCC1(C)CCCC1.CCOC(C)C.CCOC(C)C1CCCCC1.CCOC12CC3CC(CC(C3)C1)C2.COC(C)(C)C.COC(C)C. The normalized spacial score (nSPS) is 28.9. The predicted molar refractivity (Wildman–Crippen MR) is 391 cm³/mol. The number of ether oxygens (including phenoxy) is 7. The fourth-order valence-electron chi connectivity index (χ4n) is 15.3. The zero-order chi connectivity index (χ0) is 68.1. The molecule has 2 atom stereocenters. The minimum absolute atomic E-state index is 0.0417. The van der Waals surface area contributed by atoms with Crippen molar-refractivity contribution in [3.63, 3.8) is 0 Å². The van der Waals surface area contributed by atoms with Crippen molar-refractivity contribution in [2.45, 2.75) is 420 Å². The first kappa shape index (κ1) is 88.7. The molecule has 0 aromatic rings. The van der Waals surface area contributed by atoms with Crippen LogP contribution < -0.4 is 0 Å². The lowest BCUT2D eigenvalue weighted by Crippen LogP contribution is -2.51. The summed E-state index contributed by atoms with van der Waals surface area (Å²) in [6.45, 7) is 60.0. The molecule has 0 amide bonds. The predicted octanol–water partition coefficient (Wildman–Crippen LogP) is 25.1. The van der Waals surface area contributed by atoms with Crippen molar-refractivity contribution in [3.8, 4) is 0 Å². The number of hydrogen-bond donors (Lipinski definition) is 0. The maximum atomic E-state index is 6.04. The van der Waals surface area contributed by atoms with E-state index in [0.717, 1.165) is 79.2 Å². The highest BCUT2D eigenvalue weighted by Crippen LogP contribution is 2.62. The Morgan fingerprint density at radius 1 is 0.483 bits per heavy atom. The van der Waals surface area contributed by atoms with E-state index in [1.54, 1.807) is 46.3 Å². The Morgan fingerprint density at radius 2 is 0.876 bits per heavy atom. The summed E-state index contributed by atoms with van der Waals surface area (Å²) in [5.41, 5.74) is 2.87. The lowest BCUT2D eigenvalue weighted by atomic mass is 9.46. The van der Waals surface area contributed by atoms with Gasteiger partial charge in [-0.15, -0.1) is 0 Å². The quantitative estimate of drug-likeness (QED) is 0.204. The molecule has 0 aromatic carbocycles. The molecule has 11 saturated carbocycles. The van der Waals surface area contributed by atoms with Crippen molar-refractivity contribution in [1.29, 1.82) is 0 Å². The number of methoxy groups -OCH3 is 2. The van der Waals surface area contributed by atoms with E-state index in [4.69, 9.17) is 33.2 Å². The van der Waals surface area contributed by atoms with Crippen LogP contribution in [0.3, 0.4) is 0 Å². The van der Waals surface area contributed by atoms with Gasteiger partial charge in [-0.1, -0.05) is 147 Å². The highest BCUT2D eigenvalue weighted by atomic mass is 16.5. The molecule has 0 spiro atoms. The summed E-state index contributed by atoms with van der Waals surface area (Å²) in [6, 6.07) is 0. The zero-order valence-corrected chi connectivity index (χ0v) is 66.0. The van der Waals surface area contributed by atoms with Crippen molar-refractivity contribution in [2.75, 3.05) is 40.6 Å². The van der Waals surface area contributed by atoms with Gasteiger partial charge in [0.25, 0.3) is 0 Å². The standard InChI is InChI=1S/C12H20O.C12H20.C10H20O.C9H18O.C8H16.C6H12O.C6H14.2C5H12O.C5H12.C4H10O/c1-2-13-12-6-9-3-10(7-12)5-11(4-9)8-12;1-12(2)10-4-8-3-9(6-10)7-11(12)5-8;1-3-11-9(2)10-7-5-4-6-8-10;1-8(2)10-9-6-4-3-5-7-9;1-3-8(2)6-4-5-7-8;1-6-4-2-3-5-7-6;1-5-6(2,3)4;1-5(2,3)6-4;1-4-6-5(2)3;1-5(2,3)4;1-4(2)5-3/h9-11H,2-8H2,1H3;8-11H,3-7H2,1-2H3;9-10H,3-8H2,1-2H3;8-9H,3-7H2,1-2H3;3-7H2,1-2H3;6H,2-5H2,1H3;5H2,1-4H3;1-4H3;5H,4H2,1-3H3;1-4H3;4H,1-3H3. The van der Waals surface area contributed by atoms with E-state index in [2.05, 4.69) is 125 Å². The first-order valence-electron chi connectivity index (χ1n) is 38.6. The Hall–Kier alpha value is -0.280. The van der Waals surface area contributed by atoms with Gasteiger partial charge in [0.2, 0.25) is 0 Å². The molecule has 12 rings (SSSR count). The van der Waals surface area contributed by atoms with E-state index in [1.807, 2.05) is 55.4 Å². The second-order valence-electron chi connectivity index (χ2n) is 35.2. The lowest BCUT2D eigenvalue weighted by molar-refractivity contribution is -0.159. The third-order valence-corrected chi connectivity index (χ3v) is 21.2. The van der Waals surface area contributed by atoms with E-state index < -0.39 is 0 Å². The fourth-order valence-corrected chi connectivity index (χ4v) is 15.3. The van der Waals surface area contributed by atoms with Gasteiger partial charge >= 0.3 is 0 Å². The first-order valence-corrected chi connectivity index (χ1v) is 38.6. The van der Waals surface area contributed by atoms with Crippen molar-refractivity contribution in [1.82, 2.24) is 0 Å². The van der Waals surface area contributed by atoms with Crippen LogP contribution in [-0.2, 0) is 33.2 Å². The molecular weight excluding hydrogens is 1100 g/mol. The second-order valence-corrected chi connectivity index (χ2v) is 35.2. The van der Waals surface area contributed by atoms with Crippen LogP contribution in [-0.4, -0.2) is 88.5 Å². The molecule has 7 nitrogen and oxygen atoms in total. The van der Waals surface area contributed by atoms with Gasteiger partial charge in [-0.2, -0.15) is 0 Å². The Kier molecular flexibility index (Phi) is 46.7. The largest absolute Gasteiger partial charge is 0.382 e. The molecule has 2 unspecified atom stereocenters. The molecule has 7 heteroatoms. The van der Waals surface area contributed by atoms with Crippen molar-refractivity contribution in [2.24, 2.45) is 69.0 Å². The van der Waals surface area contributed by atoms with Crippen LogP contribution in [0.25, 0.3) is 0 Å². The molecule has 0 aromatic heterocycles. The fraction of sp³-hybridized carbons (Fsp3) is 1.00. The smallest absolute Gasteiger partial charge is 0.0690 e. The summed E-state index contributed by atoms with van der Waals surface area (Å²) < 4.78 is 37.3. The summed E-state index contributed by atoms with van der Waals surface area (Å²) in [5, 5.41) is 0. The van der Waals surface area contributed by atoms with Crippen LogP contribution >= 0.6 is 0 Å². The van der Waals surface area contributed by atoms with Crippen LogP contribution in [0.2, 0.25) is 0 Å². The summed E-state index contributed by atoms with van der Waals surface area (Å²) in [6.07, 6.45) is 45.6. The van der Waals surface area contributed by atoms with Gasteiger partial charge in [-0.25, -0.2) is 0 Å². The van der Waals surface area contributed by atoms with E-state index in [1.165, 1.54) is 161 Å². The summed E-state index contributed by atoms with van der Waals surface area (Å²) in [4.78, 5) is 0. The lowest BCUT2D eigenvalue weighted by Gasteiger charge is -2.59. The van der Waals surface area contributed by atoms with Crippen LogP contribution in [0, 0.1) is 69.0 Å². The van der Waals surface area contributed by atoms with Crippen LogP contribution in [0.4, 0.5) is 0 Å². The Morgan fingerprint density at radius 3 is 1.15 bits per heavy atom. The molecule has 12 fully saturated rings. The average Bonchev–Trinajstić information content (AvgIpc) is 1.09. The topological polar surface area (TPSA) is 64.6 Å². The molecule has 536 valence electrons. The molecule has 1 heterocycles. The minimum Gasteiger partial charge on any atom is -0.382 e. The minimum atomic E-state index is 0.0417. The highest BCUT2D eigenvalue weighted by molar-refractivity contribution is 5.04. The number of hydrogen-bond acceptors (Lipinski definition) is 7. The van der Waals surface area contributed by atoms with Gasteiger partial charge < -0.3 is 33.2 Å². The Labute approximate surface area is 560 Å². The van der Waals surface area contributed by atoms with Gasteiger partial charge in [0.1, 0.15) is 0 Å². The summed E-state index contributed by atoms with van der Waals surface area (Å²) >= 11 is 0. The third kappa shape index (κ3) is 44.2. The van der Waals surface area contributed by atoms with Gasteiger partial charge in [0, 0.05) is 40.6 Å². The molecule has 11 aliphatic carbocycles. The van der Waals surface area contributed by atoms with Crippen molar-refractivity contribution < 1.29 is 33.2 Å². The van der Waals surface area contributed by atoms with Crippen LogP contribution in [0.1, 0.15) is 373 Å². The monoisotopic (exact) mass is 1260 g/mol. The molecular formula is C82H166O7. The van der Waals surface area contributed by atoms with E-state index in [9.17, 15) is 0 Å². The molecule has 1 aliphatic heterocycles. The molecule has 8 bridgehead atoms. The number of rotatable bonds is 11. The Bertz CT molecular complexity index is 1520. The van der Waals surface area contributed by atoms with E-state index in [-0.39, 0.29) is 5.60 Å². The molecule has 1 saturated heterocycles. The third-order valence-electron chi connectivity index (χ3n) is 21.2. The Balaban J connectivity index is 0.000000974. The van der Waals surface area contributed by atoms with E-state index >= 15 is 0 Å². The highest BCUT2D eigenvalue weighted by Gasteiger charge is 2.53. The van der Waals surface area contributed by atoms with Crippen LogP contribution in [0.15, 0.2) is 0 Å². The molecule has 89 heavy (non-hydrogen) atoms. The van der Waals surface area contributed by atoms with Gasteiger partial charge in [0.15, 0.2) is 0 Å².